The molecule has 1 saturated carbocycles. The van der Waals surface area contributed by atoms with Crippen molar-refractivity contribution in [1.82, 2.24) is 5.32 Å². The number of rotatable bonds is 4. The number of thioether (sulfide) groups is 1. The van der Waals surface area contributed by atoms with E-state index in [1.165, 1.54) is 56.7 Å². The maximum atomic E-state index is 3.44. The molecule has 76 valence electrons. The van der Waals surface area contributed by atoms with Crippen molar-refractivity contribution in [3.8, 4) is 0 Å². The molecule has 0 aromatic rings. The van der Waals surface area contributed by atoms with Crippen LogP contribution in [-0.4, -0.2) is 24.6 Å². The van der Waals surface area contributed by atoms with Gasteiger partial charge in [0.2, 0.25) is 0 Å². The molecular weight excluding hydrogens is 178 g/mol. The molecule has 0 bridgehead atoms. The maximum absolute atomic E-state index is 3.44. The largest absolute Gasteiger partial charge is 0.316 e. The molecule has 1 aliphatic heterocycles. The van der Waals surface area contributed by atoms with Crippen LogP contribution in [0.2, 0.25) is 0 Å². The highest BCUT2D eigenvalue weighted by Gasteiger charge is 2.17. The highest BCUT2D eigenvalue weighted by atomic mass is 32.2. The zero-order valence-corrected chi connectivity index (χ0v) is 9.24. The fourth-order valence-electron chi connectivity index (χ4n) is 2.44. The molecule has 1 aliphatic carbocycles. The Bertz CT molecular complexity index is 121. The predicted molar refractivity (Wildman–Crippen MR) is 60.3 cm³/mol. The lowest BCUT2D eigenvalue weighted by Gasteiger charge is -2.11. The molecule has 0 aromatic heterocycles. The van der Waals surface area contributed by atoms with Crippen molar-refractivity contribution in [1.29, 1.82) is 0 Å². The summed E-state index contributed by atoms with van der Waals surface area (Å²) >= 11 is 2.21. The SMILES string of the molecule is C1CCC(CSCC2CCNC2)C1. The van der Waals surface area contributed by atoms with Gasteiger partial charge >= 0.3 is 0 Å². The molecule has 0 aromatic carbocycles. The van der Waals surface area contributed by atoms with Gasteiger partial charge in [-0.3, -0.25) is 0 Å². The van der Waals surface area contributed by atoms with Gasteiger partial charge in [0.25, 0.3) is 0 Å². The van der Waals surface area contributed by atoms with E-state index in [-0.39, 0.29) is 0 Å². The highest BCUT2D eigenvalue weighted by Crippen LogP contribution is 2.28. The van der Waals surface area contributed by atoms with E-state index >= 15 is 0 Å². The van der Waals surface area contributed by atoms with Gasteiger partial charge in [0.05, 0.1) is 0 Å². The van der Waals surface area contributed by atoms with Crippen molar-refractivity contribution >= 4 is 11.8 Å². The van der Waals surface area contributed by atoms with Crippen LogP contribution in [-0.2, 0) is 0 Å². The van der Waals surface area contributed by atoms with Crippen molar-refractivity contribution in [2.75, 3.05) is 24.6 Å². The summed E-state index contributed by atoms with van der Waals surface area (Å²) in [5.74, 6) is 4.89. The van der Waals surface area contributed by atoms with Crippen LogP contribution in [0, 0.1) is 11.8 Å². The smallest absolute Gasteiger partial charge is 0.00121 e. The normalized spacial score (nSPS) is 30.0. The molecule has 1 saturated heterocycles. The highest BCUT2D eigenvalue weighted by molar-refractivity contribution is 7.99. The average molecular weight is 199 g/mol. The fourth-order valence-corrected chi connectivity index (χ4v) is 3.86. The van der Waals surface area contributed by atoms with Crippen molar-refractivity contribution < 1.29 is 0 Å². The lowest BCUT2D eigenvalue weighted by molar-refractivity contribution is 0.618. The Morgan fingerprint density at radius 2 is 1.77 bits per heavy atom. The van der Waals surface area contributed by atoms with E-state index in [1.54, 1.807) is 0 Å². The zero-order valence-electron chi connectivity index (χ0n) is 8.43. The summed E-state index contributed by atoms with van der Waals surface area (Å²) in [6.45, 7) is 2.53. The minimum atomic E-state index is 0.978. The number of hydrogen-bond donors (Lipinski definition) is 1. The van der Waals surface area contributed by atoms with Crippen molar-refractivity contribution in [3.63, 3.8) is 0 Å². The van der Waals surface area contributed by atoms with E-state index in [0.29, 0.717) is 0 Å². The van der Waals surface area contributed by atoms with Crippen LogP contribution in [0.25, 0.3) is 0 Å². The molecular formula is C11H21NS. The second-order valence-corrected chi connectivity index (χ2v) is 5.62. The van der Waals surface area contributed by atoms with Crippen LogP contribution in [0.4, 0.5) is 0 Å². The van der Waals surface area contributed by atoms with E-state index in [0.717, 1.165) is 11.8 Å². The van der Waals surface area contributed by atoms with E-state index in [1.807, 2.05) is 0 Å². The van der Waals surface area contributed by atoms with Gasteiger partial charge in [-0.25, -0.2) is 0 Å². The van der Waals surface area contributed by atoms with Gasteiger partial charge in [-0.15, -0.1) is 0 Å². The quantitative estimate of drug-likeness (QED) is 0.746. The summed E-state index contributed by atoms with van der Waals surface area (Å²) in [4.78, 5) is 0. The summed E-state index contributed by atoms with van der Waals surface area (Å²) in [6, 6.07) is 0. The first-order chi connectivity index (χ1) is 6.45. The summed E-state index contributed by atoms with van der Waals surface area (Å²) in [6.07, 6.45) is 7.43. The van der Waals surface area contributed by atoms with Crippen LogP contribution in [0.1, 0.15) is 32.1 Å². The minimum Gasteiger partial charge on any atom is -0.316 e. The first kappa shape index (κ1) is 9.85. The van der Waals surface area contributed by atoms with E-state index in [2.05, 4.69) is 17.1 Å². The molecule has 0 spiro atoms. The average Bonchev–Trinajstić information content (AvgIpc) is 2.75. The summed E-state index contributed by atoms with van der Waals surface area (Å²) < 4.78 is 0. The van der Waals surface area contributed by atoms with Crippen LogP contribution in [0.3, 0.4) is 0 Å². The van der Waals surface area contributed by atoms with Crippen LogP contribution >= 0.6 is 11.8 Å². The molecule has 1 N–H and O–H groups in total. The Balaban J connectivity index is 1.52. The number of hydrogen-bond acceptors (Lipinski definition) is 2. The van der Waals surface area contributed by atoms with Gasteiger partial charge in [-0.1, -0.05) is 12.8 Å². The van der Waals surface area contributed by atoms with Gasteiger partial charge in [-0.2, -0.15) is 11.8 Å². The van der Waals surface area contributed by atoms with Crippen LogP contribution in [0.15, 0.2) is 0 Å². The van der Waals surface area contributed by atoms with Gasteiger partial charge in [-0.05, 0) is 55.7 Å². The first-order valence-corrected chi connectivity index (χ1v) is 6.89. The second kappa shape index (κ2) is 5.26. The molecule has 0 amide bonds. The molecule has 1 atom stereocenters. The van der Waals surface area contributed by atoms with Gasteiger partial charge < -0.3 is 5.32 Å². The summed E-state index contributed by atoms with van der Waals surface area (Å²) in [5, 5.41) is 3.44. The molecule has 1 nitrogen and oxygen atoms in total. The first-order valence-electron chi connectivity index (χ1n) is 5.73. The maximum Gasteiger partial charge on any atom is -0.00121 e. The van der Waals surface area contributed by atoms with Crippen molar-refractivity contribution in [3.05, 3.63) is 0 Å². The molecule has 1 unspecified atom stereocenters. The third-order valence-corrected chi connectivity index (χ3v) is 4.76. The lowest BCUT2D eigenvalue weighted by atomic mass is 10.1. The molecule has 1 heterocycles. The van der Waals surface area contributed by atoms with Crippen LogP contribution in [0.5, 0.6) is 0 Å². The Morgan fingerprint density at radius 1 is 1.00 bits per heavy atom. The monoisotopic (exact) mass is 199 g/mol. The van der Waals surface area contributed by atoms with E-state index in [4.69, 9.17) is 0 Å². The van der Waals surface area contributed by atoms with Gasteiger partial charge in [0.15, 0.2) is 0 Å². The van der Waals surface area contributed by atoms with Crippen LogP contribution < -0.4 is 5.32 Å². The molecule has 2 heteroatoms. The third kappa shape index (κ3) is 3.17. The Morgan fingerprint density at radius 3 is 2.46 bits per heavy atom. The fraction of sp³-hybridized carbons (Fsp3) is 1.00. The zero-order chi connectivity index (χ0) is 8.93. The standard InChI is InChI=1S/C11H21NS/c1-2-4-10(3-1)8-13-9-11-5-6-12-7-11/h10-12H,1-9H2. The Kier molecular flexibility index (Phi) is 3.98. The molecule has 2 fully saturated rings. The summed E-state index contributed by atoms with van der Waals surface area (Å²) in [7, 11) is 0. The molecule has 0 radical (unpaired) electrons. The third-order valence-electron chi connectivity index (χ3n) is 3.34. The Hall–Kier alpha value is 0.310. The number of nitrogens with one attached hydrogen (secondary N) is 1. The molecule has 2 rings (SSSR count). The molecule has 13 heavy (non-hydrogen) atoms. The van der Waals surface area contributed by atoms with Crippen molar-refractivity contribution in [2.24, 2.45) is 11.8 Å². The second-order valence-electron chi connectivity index (χ2n) is 4.55. The summed E-state index contributed by atoms with van der Waals surface area (Å²) in [5.41, 5.74) is 0. The minimum absolute atomic E-state index is 0.978. The van der Waals surface area contributed by atoms with E-state index < -0.39 is 0 Å². The topological polar surface area (TPSA) is 12.0 Å². The van der Waals surface area contributed by atoms with Gasteiger partial charge in [0.1, 0.15) is 0 Å². The lowest BCUT2D eigenvalue weighted by Crippen LogP contribution is -2.11. The molecule has 2 aliphatic rings. The van der Waals surface area contributed by atoms with Crippen molar-refractivity contribution in [2.45, 2.75) is 32.1 Å². The van der Waals surface area contributed by atoms with E-state index in [9.17, 15) is 0 Å². The van der Waals surface area contributed by atoms with Gasteiger partial charge in [0, 0.05) is 0 Å². The predicted octanol–water partition coefficient (Wildman–Crippen LogP) is 2.52. The Labute approximate surface area is 86.0 Å².